The number of amides is 1. The summed E-state index contributed by atoms with van der Waals surface area (Å²) in [6.07, 6.45) is 5.39. The van der Waals surface area contributed by atoms with E-state index < -0.39 is 5.91 Å². The van der Waals surface area contributed by atoms with Gasteiger partial charge in [-0.1, -0.05) is 0 Å². The number of benzene rings is 2. The number of aromatic amines is 1. The summed E-state index contributed by atoms with van der Waals surface area (Å²) in [5.74, 6) is -0.332. The number of unbranched alkanes of at least 4 members (excludes halogenated alkanes) is 1. The first-order chi connectivity index (χ1) is 16.4. The van der Waals surface area contributed by atoms with Crippen LogP contribution in [0.4, 0.5) is 5.69 Å². The van der Waals surface area contributed by atoms with Crippen molar-refractivity contribution in [1.29, 1.82) is 5.26 Å². The summed E-state index contributed by atoms with van der Waals surface area (Å²) in [5.41, 5.74) is 10.4. The number of likely N-dealkylation sites (N-methyl/N-ethyl adjacent to an activating group) is 1. The number of aromatic nitrogens is 1. The Labute approximate surface area is 198 Å². The largest absolute Gasteiger partial charge is 0.451 e. The van der Waals surface area contributed by atoms with E-state index in [1.54, 1.807) is 6.07 Å². The molecule has 7 heteroatoms. The Bertz CT molecular complexity index is 1390. The zero-order valence-electron chi connectivity index (χ0n) is 19.5. The minimum absolute atomic E-state index is 0.206. The van der Waals surface area contributed by atoms with E-state index in [0.29, 0.717) is 11.1 Å². The van der Waals surface area contributed by atoms with Gasteiger partial charge in [0.2, 0.25) is 0 Å². The van der Waals surface area contributed by atoms with Crippen LogP contribution in [0.25, 0.3) is 21.9 Å². The number of piperazine rings is 1. The number of nitrogens with zero attached hydrogens (tertiary/aromatic N) is 3. The van der Waals surface area contributed by atoms with Crippen LogP contribution in [0.3, 0.4) is 0 Å². The molecule has 0 bridgehead atoms. The standard InChI is InChI=1S/C27H29N5O2/c1-32(22-6-8-25-21(15-22)16-26(34-25)27(29)33)12-10-31(11-13-32)9-3-2-4-20-18-30-24-7-5-19(17-28)14-23(20)24/h5-8,14-16,18,30H,2-4,9-13H2,1H3,(H-,29,33)/p+1. The third-order valence-corrected chi connectivity index (χ3v) is 7.25. The summed E-state index contributed by atoms with van der Waals surface area (Å²) in [7, 11) is 2.28. The number of quaternary nitrogens is 1. The lowest BCUT2D eigenvalue weighted by molar-refractivity contribution is 0.0976. The Kier molecular flexibility index (Phi) is 5.86. The fraction of sp³-hybridized carbons (Fsp3) is 0.333. The van der Waals surface area contributed by atoms with Gasteiger partial charge < -0.3 is 15.1 Å². The molecule has 3 N–H and O–H groups in total. The van der Waals surface area contributed by atoms with Crippen LogP contribution in [0.15, 0.2) is 53.1 Å². The molecule has 4 aromatic rings. The molecule has 3 heterocycles. The van der Waals surface area contributed by atoms with Gasteiger partial charge in [0.15, 0.2) is 5.76 Å². The lowest BCUT2D eigenvalue weighted by Gasteiger charge is -2.41. The van der Waals surface area contributed by atoms with Crippen molar-refractivity contribution in [1.82, 2.24) is 14.4 Å². The minimum Gasteiger partial charge on any atom is -0.451 e. The molecule has 0 spiro atoms. The molecule has 0 unspecified atom stereocenters. The summed E-state index contributed by atoms with van der Waals surface area (Å²) in [4.78, 5) is 17.3. The van der Waals surface area contributed by atoms with E-state index in [9.17, 15) is 10.1 Å². The van der Waals surface area contributed by atoms with Crippen LogP contribution in [0.2, 0.25) is 0 Å². The third kappa shape index (κ3) is 4.30. The second-order valence-corrected chi connectivity index (χ2v) is 9.52. The van der Waals surface area contributed by atoms with E-state index in [1.165, 1.54) is 16.6 Å². The molecule has 2 aromatic heterocycles. The van der Waals surface area contributed by atoms with Crippen molar-refractivity contribution in [3.05, 3.63) is 65.5 Å². The fourth-order valence-corrected chi connectivity index (χ4v) is 5.02. The Morgan fingerprint density at radius 2 is 2.00 bits per heavy atom. The molecule has 0 radical (unpaired) electrons. The van der Waals surface area contributed by atoms with Crippen LogP contribution in [-0.4, -0.2) is 55.6 Å². The van der Waals surface area contributed by atoms with Crippen molar-refractivity contribution < 1.29 is 9.21 Å². The van der Waals surface area contributed by atoms with Crippen LogP contribution in [-0.2, 0) is 6.42 Å². The molecule has 0 aliphatic carbocycles. The van der Waals surface area contributed by atoms with Gasteiger partial charge in [0.05, 0.1) is 31.8 Å². The molecule has 1 aliphatic heterocycles. The number of fused-ring (bicyclic) bond motifs is 2. The highest BCUT2D eigenvalue weighted by Gasteiger charge is 2.31. The number of rotatable bonds is 7. The fourth-order valence-electron chi connectivity index (χ4n) is 5.02. The van der Waals surface area contributed by atoms with Gasteiger partial charge in [0.25, 0.3) is 5.91 Å². The second kappa shape index (κ2) is 8.98. The minimum atomic E-state index is -0.539. The van der Waals surface area contributed by atoms with Crippen molar-refractivity contribution in [2.45, 2.75) is 19.3 Å². The van der Waals surface area contributed by atoms with Crippen molar-refractivity contribution in [3.8, 4) is 6.07 Å². The molecule has 1 saturated heterocycles. The summed E-state index contributed by atoms with van der Waals surface area (Å²) < 4.78 is 6.41. The first-order valence-electron chi connectivity index (χ1n) is 11.9. The Balaban J connectivity index is 1.14. The van der Waals surface area contributed by atoms with Crippen LogP contribution >= 0.6 is 0 Å². The number of nitrogens with two attached hydrogens (primary N) is 1. The van der Waals surface area contributed by atoms with Gasteiger partial charge in [0, 0.05) is 47.7 Å². The highest BCUT2D eigenvalue weighted by atomic mass is 16.3. The van der Waals surface area contributed by atoms with E-state index in [2.05, 4.69) is 41.3 Å². The average molecular weight is 457 g/mol. The summed E-state index contributed by atoms with van der Waals surface area (Å²) in [6, 6.07) is 16.0. The van der Waals surface area contributed by atoms with Crippen LogP contribution in [0.1, 0.15) is 34.5 Å². The molecule has 1 aliphatic rings. The number of hydrogen-bond donors (Lipinski definition) is 2. The maximum atomic E-state index is 11.4. The summed E-state index contributed by atoms with van der Waals surface area (Å²) in [6.45, 7) is 5.32. The van der Waals surface area contributed by atoms with Crippen molar-refractivity contribution in [2.75, 3.05) is 39.8 Å². The first-order valence-corrected chi connectivity index (χ1v) is 11.9. The van der Waals surface area contributed by atoms with E-state index in [-0.39, 0.29) is 5.76 Å². The Morgan fingerprint density at radius 1 is 1.18 bits per heavy atom. The van der Waals surface area contributed by atoms with Gasteiger partial charge in [-0.3, -0.25) is 14.2 Å². The molecular weight excluding hydrogens is 426 g/mol. The molecule has 0 saturated carbocycles. The zero-order chi connectivity index (χ0) is 23.7. The molecule has 1 amide bonds. The predicted molar refractivity (Wildman–Crippen MR) is 135 cm³/mol. The number of H-pyrrole nitrogens is 1. The number of furan rings is 1. The van der Waals surface area contributed by atoms with Gasteiger partial charge in [-0.05, 0) is 61.7 Å². The zero-order valence-corrected chi connectivity index (χ0v) is 19.5. The first kappa shape index (κ1) is 22.2. The number of nitriles is 1. The Hall–Kier alpha value is -3.60. The molecule has 5 rings (SSSR count). The monoisotopic (exact) mass is 456 g/mol. The number of carbonyl (C=O) groups excluding carboxylic acids is 1. The molecule has 174 valence electrons. The number of hydrogen-bond acceptors (Lipinski definition) is 4. The van der Waals surface area contributed by atoms with Crippen molar-refractivity contribution in [3.63, 3.8) is 0 Å². The molecule has 34 heavy (non-hydrogen) atoms. The average Bonchev–Trinajstić information content (AvgIpc) is 3.46. The number of nitrogens with one attached hydrogen (secondary N) is 1. The van der Waals surface area contributed by atoms with E-state index in [0.717, 1.165) is 67.4 Å². The number of carbonyl (C=O) groups is 1. The summed E-state index contributed by atoms with van der Waals surface area (Å²) in [5, 5.41) is 11.3. The van der Waals surface area contributed by atoms with E-state index in [4.69, 9.17) is 10.2 Å². The highest BCUT2D eigenvalue weighted by molar-refractivity contribution is 5.95. The topological polar surface area (TPSA) is 99.0 Å². The smallest absolute Gasteiger partial charge is 0.284 e. The lowest BCUT2D eigenvalue weighted by Crippen LogP contribution is -2.58. The maximum absolute atomic E-state index is 11.4. The van der Waals surface area contributed by atoms with Gasteiger partial charge in [0.1, 0.15) is 11.3 Å². The second-order valence-electron chi connectivity index (χ2n) is 9.52. The molecule has 1 fully saturated rings. The quantitative estimate of drug-likeness (QED) is 0.322. The Morgan fingerprint density at radius 3 is 2.76 bits per heavy atom. The van der Waals surface area contributed by atoms with Gasteiger partial charge >= 0.3 is 0 Å². The normalized spacial score (nSPS) is 16.1. The summed E-state index contributed by atoms with van der Waals surface area (Å²) >= 11 is 0. The van der Waals surface area contributed by atoms with Gasteiger partial charge in [-0.2, -0.15) is 5.26 Å². The SMILES string of the molecule is C[N+]1(c2ccc3oc(C(N)=O)cc3c2)CCN(CCCCc2c[nH]c3ccc(C#N)cc23)CC1. The lowest BCUT2D eigenvalue weighted by atomic mass is 10.0. The van der Waals surface area contributed by atoms with E-state index >= 15 is 0 Å². The molecule has 0 atom stereocenters. The van der Waals surface area contributed by atoms with Gasteiger partial charge in [-0.15, -0.1) is 0 Å². The molecular formula is C27H30N5O2+. The van der Waals surface area contributed by atoms with E-state index in [1.807, 2.05) is 24.3 Å². The molecule has 2 aromatic carbocycles. The van der Waals surface area contributed by atoms with Crippen LogP contribution < -0.4 is 10.2 Å². The van der Waals surface area contributed by atoms with Crippen LogP contribution in [0, 0.1) is 11.3 Å². The maximum Gasteiger partial charge on any atom is 0.284 e. The highest BCUT2D eigenvalue weighted by Crippen LogP contribution is 2.29. The van der Waals surface area contributed by atoms with Gasteiger partial charge in [-0.25, -0.2) is 0 Å². The predicted octanol–water partition coefficient (Wildman–Crippen LogP) is 4.16. The van der Waals surface area contributed by atoms with Crippen molar-refractivity contribution >= 4 is 33.5 Å². The van der Waals surface area contributed by atoms with Crippen LogP contribution in [0.5, 0.6) is 0 Å². The van der Waals surface area contributed by atoms with Crippen molar-refractivity contribution in [2.24, 2.45) is 5.73 Å². The molecule has 7 nitrogen and oxygen atoms in total. The number of aryl methyl sites for hydroxylation is 1. The third-order valence-electron chi connectivity index (χ3n) is 7.25. The number of primary amides is 1.